The lowest BCUT2D eigenvalue weighted by atomic mass is 10.5. The van der Waals surface area contributed by atoms with Gasteiger partial charge >= 0.3 is 0 Å². The van der Waals surface area contributed by atoms with E-state index < -0.39 is 0 Å². The second-order valence-electron chi connectivity index (χ2n) is 2.96. The van der Waals surface area contributed by atoms with Crippen molar-refractivity contribution < 1.29 is 4.74 Å². The molecular formula is C11H10N4O. The highest BCUT2D eigenvalue weighted by atomic mass is 16.5. The molecule has 0 radical (unpaired) electrons. The van der Waals surface area contributed by atoms with E-state index in [0.29, 0.717) is 18.2 Å². The molecule has 0 bridgehead atoms. The van der Waals surface area contributed by atoms with E-state index in [2.05, 4.69) is 26.8 Å². The summed E-state index contributed by atoms with van der Waals surface area (Å²) in [7, 11) is 1.56. The molecule has 0 amide bonds. The van der Waals surface area contributed by atoms with E-state index in [0.717, 1.165) is 0 Å². The van der Waals surface area contributed by atoms with Gasteiger partial charge in [-0.1, -0.05) is 5.92 Å². The number of hydrogen-bond donors (Lipinski definition) is 0. The molecule has 2 heterocycles. The van der Waals surface area contributed by atoms with Gasteiger partial charge in [-0.3, -0.25) is 0 Å². The number of nitrogens with zero attached hydrogens (tertiary/aromatic N) is 4. The van der Waals surface area contributed by atoms with Crippen molar-refractivity contribution in [2.75, 3.05) is 7.11 Å². The van der Waals surface area contributed by atoms with Gasteiger partial charge in [0.15, 0.2) is 0 Å². The van der Waals surface area contributed by atoms with Crippen LogP contribution in [0.4, 0.5) is 0 Å². The van der Waals surface area contributed by atoms with Crippen LogP contribution in [0.15, 0.2) is 31.0 Å². The van der Waals surface area contributed by atoms with E-state index in [4.69, 9.17) is 4.74 Å². The largest absolute Gasteiger partial charge is 0.481 e. The molecule has 16 heavy (non-hydrogen) atoms. The van der Waals surface area contributed by atoms with E-state index in [9.17, 15) is 0 Å². The SMILES string of the molecule is COc1ccnc(C#CCn2ccnc2)n1. The Kier molecular flexibility index (Phi) is 3.14. The quantitative estimate of drug-likeness (QED) is 0.692. The summed E-state index contributed by atoms with van der Waals surface area (Å²) >= 11 is 0. The van der Waals surface area contributed by atoms with Crippen LogP contribution in [-0.2, 0) is 6.54 Å². The van der Waals surface area contributed by atoms with Crippen molar-refractivity contribution in [1.29, 1.82) is 0 Å². The fraction of sp³-hybridized carbons (Fsp3) is 0.182. The van der Waals surface area contributed by atoms with Crippen LogP contribution in [0.1, 0.15) is 5.82 Å². The first-order valence-electron chi connectivity index (χ1n) is 4.70. The predicted octanol–water partition coefficient (Wildman–Crippen LogP) is 0.733. The Bertz CT molecular complexity index is 510. The first-order chi connectivity index (χ1) is 7.88. The molecule has 0 saturated heterocycles. The third-order valence-electron chi connectivity index (χ3n) is 1.86. The summed E-state index contributed by atoms with van der Waals surface area (Å²) in [5.74, 6) is 6.78. The average molecular weight is 214 g/mol. The maximum atomic E-state index is 4.97. The van der Waals surface area contributed by atoms with Crippen molar-refractivity contribution in [3.05, 3.63) is 36.8 Å². The second kappa shape index (κ2) is 4.94. The molecule has 0 saturated carbocycles. The molecule has 2 aromatic rings. The standard InChI is InChI=1S/C11H10N4O/c1-16-11-4-5-13-10(14-11)3-2-7-15-8-6-12-9-15/h4-6,8-9H,7H2,1H3. The maximum Gasteiger partial charge on any atom is 0.217 e. The van der Waals surface area contributed by atoms with Crippen LogP contribution in [0.3, 0.4) is 0 Å². The first-order valence-corrected chi connectivity index (χ1v) is 4.70. The first kappa shape index (κ1) is 10.2. The zero-order valence-corrected chi connectivity index (χ0v) is 8.79. The van der Waals surface area contributed by atoms with Gasteiger partial charge in [-0.15, -0.1) is 0 Å². The van der Waals surface area contributed by atoms with E-state index >= 15 is 0 Å². The smallest absolute Gasteiger partial charge is 0.217 e. The van der Waals surface area contributed by atoms with Gasteiger partial charge in [0, 0.05) is 24.7 Å². The van der Waals surface area contributed by atoms with Crippen molar-refractivity contribution >= 4 is 0 Å². The fourth-order valence-electron chi connectivity index (χ4n) is 1.11. The van der Waals surface area contributed by atoms with Crippen molar-refractivity contribution in [2.24, 2.45) is 0 Å². The second-order valence-corrected chi connectivity index (χ2v) is 2.96. The van der Waals surface area contributed by atoms with Crippen molar-refractivity contribution in [1.82, 2.24) is 19.5 Å². The maximum absolute atomic E-state index is 4.97. The Labute approximate surface area is 93.1 Å². The molecule has 0 aliphatic rings. The molecule has 0 N–H and O–H groups in total. The van der Waals surface area contributed by atoms with Crippen LogP contribution in [0.5, 0.6) is 5.88 Å². The van der Waals surface area contributed by atoms with Crippen LogP contribution in [0.25, 0.3) is 0 Å². The molecule has 2 aromatic heterocycles. The monoisotopic (exact) mass is 214 g/mol. The molecule has 0 spiro atoms. The van der Waals surface area contributed by atoms with Gasteiger partial charge in [0.2, 0.25) is 11.7 Å². The number of methoxy groups -OCH3 is 1. The number of imidazole rings is 1. The van der Waals surface area contributed by atoms with E-state index in [1.165, 1.54) is 0 Å². The summed E-state index contributed by atoms with van der Waals surface area (Å²) in [5, 5.41) is 0. The summed E-state index contributed by atoms with van der Waals surface area (Å²) in [5.41, 5.74) is 0. The normalized spacial score (nSPS) is 9.31. The number of ether oxygens (including phenoxy) is 1. The summed E-state index contributed by atoms with van der Waals surface area (Å²) in [6.07, 6.45) is 6.89. The van der Waals surface area contributed by atoms with Gasteiger partial charge in [0.25, 0.3) is 0 Å². The van der Waals surface area contributed by atoms with Gasteiger partial charge < -0.3 is 9.30 Å². The lowest BCUT2D eigenvalue weighted by molar-refractivity contribution is 0.396. The molecular weight excluding hydrogens is 204 g/mol. The summed E-state index contributed by atoms with van der Waals surface area (Å²) in [4.78, 5) is 12.0. The molecule has 0 aromatic carbocycles. The molecule has 0 atom stereocenters. The third-order valence-corrected chi connectivity index (χ3v) is 1.86. The highest BCUT2D eigenvalue weighted by molar-refractivity contribution is 5.23. The highest BCUT2D eigenvalue weighted by Crippen LogP contribution is 2.02. The minimum atomic E-state index is 0.458. The Balaban J connectivity index is 2.06. The lowest BCUT2D eigenvalue weighted by Crippen LogP contribution is -1.94. The van der Waals surface area contributed by atoms with Crippen LogP contribution < -0.4 is 4.74 Å². The van der Waals surface area contributed by atoms with Gasteiger partial charge in [0.05, 0.1) is 20.0 Å². The Morgan fingerprint density at radius 1 is 1.44 bits per heavy atom. The zero-order valence-electron chi connectivity index (χ0n) is 8.79. The van der Waals surface area contributed by atoms with Gasteiger partial charge in [-0.2, -0.15) is 4.98 Å². The zero-order chi connectivity index (χ0) is 11.2. The molecule has 80 valence electrons. The topological polar surface area (TPSA) is 52.8 Å². The Morgan fingerprint density at radius 3 is 3.12 bits per heavy atom. The molecule has 2 rings (SSSR count). The molecule has 0 aliphatic carbocycles. The van der Waals surface area contributed by atoms with Crippen LogP contribution in [-0.4, -0.2) is 26.6 Å². The lowest BCUT2D eigenvalue weighted by Gasteiger charge is -1.96. The predicted molar refractivity (Wildman–Crippen MR) is 57.7 cm³/mol. The summed E-state index contributed by atoms with van der Waals surface area (Å²) < 4.78 is 6.84. The van der Waals surface area contributed by atoms with Gasteiger partial charge in [0.1, 0.15) is 0 Å². The van der Waals surface area contributed by atoms with Crippen LogP contribution >= 0.6 is 0 Å². The Hall–Kier alpha value is -2.35. The molecule has 5 heteroatoms. The average Bonchev–Trinajstić information content (AvgIpc) is 2.82. The fourth-order valence-corrected chi connectivity index (χ4v) is 1.11. The minimum absolute atomic E-state index is 0.458. The Morgan fingerprint density at radius 2 is 2.38 bits per heavy atom. The van der Waals surface area contributed by atoms with Crippen molar-refractivity contribution in [3.8, 4) is 17.7 Å². The van der Waals surface area contributed by atoms with Crippen molar-refractivity contribution in [3.63, 3.8) is 0 Å². The summed E-state index contributed by atoms with van der Waals surface area (Å²) in [6, 6.07) is 1.68. The van der Waals surface area contributed by atoms with Crippen LogP contribution in [0.2, 0.25) is 0 Å². The van der Waals surface area contributed by atoms with Crippen LogP contribution in [0, 0.1) is 11.8 Å². The van der Waals surface area contributed by atoms with E-state index in [-0.39, 0.29) is 0 Å². The molecule has 0 aliphatic heterocycles. The van der Waals surface area contributed by atoms with Gasteiger partial charge in [-0.25, -0.2) is 9.97 Å². The van der Waals surface area contributed by atoms with Crippen molar-refractivity contribution in [2.45, 2.75) is 6.54 Å². The van der Waals surface area contributed by atoms with E-state index in [1.807, 2.05) is 10.8 Å². The third kappa shape index (κ3) is 2.58. The highest BCUT2D eigenvalue weighted by Gasteiger charge is 1.93. The minimum Gasteiger partial charge on any atom is -0.481 e. The van der Waals surface area contributed by atoms with E-state index in [1.54, 1.807) is 31.9 Å². The number of aromatic nitrogens is 4. The molecule has 0 fully saturated rings. The molecule has 0 unspecified atom stereocenters. The van der Waals surface area contributed by atoms with Gasteiger partial charge in [-0.05, 0) is 5.92 Å². The molecule has 5 nitrogen and oxygen atoms in total. The number of hydrogen-bond acceptors (Lipinski definition) is 4. The summed E-state index contributed by atoms with van der Waals surface area (Å²) in [6.45, 7) is 0.570. The number of rotatable bonds is 2.